The lowest BCUT2D eigenvalue weighted by atomic mass is 10.0. The van der Waals surface area contributed by atoms with Crippen LogP contribution in [0.2, 0.25) is 0 Å². The van der Waals surface area contributed by atoms with Crippen LogP contribution in [0.4, 0.5) is 5.69 Å². The Balaban J connectivity index is 1.71. The number of rotatable bonds is 5. The molecule has 0 saturated heterocycles. The summed E-state index contributed by atoms with van der Waals surface area (Å²) >= 11 is -2.09. The topological polar surface area (TPSA) is 102 Å². The van der Waals surface area contributed by atoms with Crippen molar-refractivity contribution in [3.05, 3.63) is 53.7 Å². The Hall–Kier alpha value is -2.82. The minimum atomic E-state index is -2.09. The minimum Gasteiger partial charge on any atom is -0.772 e. The van der Waals surface area contributed by atoms with Gasteiger partial charge in [0.2, 0.25) is 0 Å². The fourth-order valence-corrected chi connectivity index (χ4v) is 3.34. The zero-order chi connectivity index (χ0) is 18.1. The molecule has 0 spiro atoms. The van der Waals surface area contributed by atoms with Crippen molar-refractivity contribution in [1.29, 1.82) is 5.26 Å². The third-order valence-corrected chi connectivity index (χ3v) is 4.93. The van der Waals surface area contributed by atoms with E-state index in [9.17, 15) is 14.0 Å². The fourth-order valence-electron chi connectivity index (χ4n) is 2.87. The molecule has 1 aliphatic carbocycles. The smallest absolute Gasteiger partial charge is 0.186 e. The molecular formula is C19H15N4O2S-. The van der Waals surface area contributed by atoms with Crippen molar-refractivity contribution < 1.29 is 8.76 Å². The van der Waals surface area contributed by atoms with Crippen LogP contribution in [0.5, 0.6) is 0 Å². The van der Waals surface area contributed by atoms with Crippen LogP contribution in [0.15, 0.2) is 42.5 Å². The number of hydrogen-bond donors (Lipinski definition) is 1. The second-order valence-electron chi connectivity index (χ2n) is 6.33. The molecule has 6 nitrogen and oxygen atoms in total. The number of benzene rings is 2. The Bertz CT molecular complexity index is 1040. The molecule has 7 heteroatoms. The van der Waals surface area contributed by atoms with Gasteiger partial charge in [-0.15, -0.1) is 10.2 Å². The van der Waals surface area contributed by atoms with Crippen molar-refractivity contribution in [3.8, 4) is 17.2 Å². The van der Waals surface area contributed by atoms with Gasteiger partial charge in [0.05, 0.1) is 11.2 Å². The van der Waals surface area contributed by atoms with E-state index in [1.807, 2.05) is 30.3 Å². The summed E-state index contributed by atoms with van der Waals surface area (Å²) in [7, 11) is 0. The first-order valence-electron chi connectivity index (χ1n) is 8.26. The SMILES string of the molecule is N#Cc1nnc2cc(-c3ccc(CS(=O)[O-])cc3)ccc2c1NC1CC1. The van der Waals surface area contributed by atoms with E-state index >= 15 is 0 Å². The first kappa shape index (κ1) is 16.6. The lowest BCUT2D eigenvalue weighted by Gasteiger charge is -2.11. The molecule has 130 valence electrons. The molecule has 1 aliphatic rings. The molecule has 3 aromatic rings. The van der Waals surface area contributed by atoms with Gasteiger partial charge in [0.1, 0.15) is 6.07 Å². The number of anilines is 1. The second kappa shape index (κ2) is 6.83. The summed E-state index contributed by atoms with van der Waals surface area (Å²) in [6.45, 7) is 0. The summed E-state index contributed by atoms with van der Waals surface area (Å²) in [4.78, 5) is 0. The number of fused-ring (bicyclic) bond motifs is 1. The summed E-state index contributed by atoms with van der Waals surface area (Å²) in [6, 6.07) is 15.8. The summed E-state index contributed by atoms with van der Waals surface area (Å²) in [6.07, 6.45) is 2.21. The molecule has 1 saturated carbocycles. The van der Waals surface area contributed by atoms with Crippen molar-refractivity contribution >= 4 is 27.7 Å². The predicted octanol–water partition coefficient (Wildman–Crippen LogP) is 3.12. The first-order chi connectivity index (χ1) is 12.6. The Morgan fingerprint density at radius 1 is 1.15 bits per heavy atom. The highest BCUT2D eigenvalue weighted by Gasteiger charge is 2.24. The Morgan fingerprint density at radius 3 is 2.54 bits per heavy atom. The van der Waals surface area contributed by atoms with Crippen LogP contribution in [0.25, 0.3) is 22.0 Å². The number of nitrogens with zero attached hydrogens (tertiary/aromatic N) is 3. The largest absolute Gasteiger partial charge is 0.772 e. The van der Waals surface area contributed by atoms with E-state index in [0.29, 0.717) is 11.7 Å². The molecule has 1 heterocycles. The summed E-state index contributed by atoms with van der Waals surface area (Å²) in [5, 5.41) is 21.8. The summed E-state index contributed by atoms with van der Waals surface area (Å²) < 4.78 is 21.6. The van der Waals surface area contributed by atoms with Crippen molar-refractivity contribution in [2.24, 2.45) is 0 Å². The van der Waals surface area contributed by atoms with E-state index in [1.165, 1.54) is 0 Å². The van der Waals surface area contributed by atoms with Gasteiger partial charge in [0.25, 0.3) is 0 Å². The van der Waals surface area contributed by atoms with Crippen LogP contribution in [-0.2, 0) is 16.8 Å². The molecule has 0 aliphatic heterocycles. The molecule has 1 unspecified atom stereocenters. The van der Waals surface area contributed by atoms with Gasteiger partial charge in [-0.3, -0.25) is 4.21 Å². The highest BCUT2D eigenvalue weighted by molar-refractivity contribution is 7.78. The number of hydrogen-bond acceptors (Lipinski definition) is 6. The van der Waals surface area contributed by atoms with Crippen LogP contribution in [0, 0.1) is 11.3 Å². The van der Waals surface area contributed by atoms with Gasteiger partial charge in [-0.25, -0.2) is 0 Å². The molecule has 0 amide bonds. The zero-order valence-corrected chi connectivity index (χ0v) is 14.6. The van der Waals surface area contributed by atoms with Crippen LogP contribution in [-0.4, -0.2) is 25.0 Å². The fraction of sp³-hybridized carbons (Fsp3) is 0.211. The van der Waals surface area contributed by atoms with Crippen molar-refractivity contribution in [1.82, 2.24) is 10.2 Å². The predicted molar refractivity (Wildman–Crippen MR) is 99.0 cm³/mol. The lowest BCUT2D eigenvalue weighted by molar-refractivity contribution is 0.536. The van der Waals surface area contributed by atoms with Gasteiger partial charge in [-0.1, -0.05) is 41.4 Å². The molecule has 0 bridgehead atoms. The van der Waals surface area contributed by atoms with E-state index < -0.39 is 11.1 Å². The van der Waals surface area contributed by atoms with Gasteiger partial charge in [-0.05, 0) is 41.7 Å². The van der Waals surface area contributed by atoms with Crippen molar-refractivity contribution in [3.63, 3.8) is 0 Å². The van der Waals surface area contributed by atoms with E-state index in [4.69, 9.17) is 0 Å². The molecule has 26 heavy (non-hydrogen) atoms. The quantitative estimate of drug-likeness (QED) is 0.699. The maximum atomic E-state index is 10.8. The maximum Gasteiger partial charge on any atom is 0.186 e. The molecule has 2 aromatic carbocycles. The standard InChI is InChI=1S/C19H16N4O2S/c20-10-18-19(21-15-6-7-15)16-8-5-14(9-17(16)22-23-18)13-3-1-12(2-4-13)11-26(24)25/h1-5,8-9,15H,6-7,11H2,(H,21,22)(H,24,25)/p-1. The van der Waals surface area contributed by atoms with Gasteiger partial charge >= 0.3 is 0 Å². The van der Waals surface area contributed by atoms with Gasteiger partial charge in [0, 0.05) is 17.2 Å². The highest BCUT2D eigenvalue weighted by Crippen LogP contribution is 2.32. The van der Waals surface area contributed by atoms with Crippen molar-refractivity contribution in [2.75, 3.05) is 5.32 Å². The zero-order valence-electron chi connectivity index (χ0n) is 13.8. The average molecular weight is 363 g/mol. The minimum absolute atomic E-state index is 0.0105. The number of nitrogens with one attached hydrogen (secondary N) is 1. The van der Waals surface area contributed by atoms with Gasteiger partial charge in [-0.2, -0.15) is 5.26 Å². The number of aromatic nitrogens is 2. The third-order valence-electron chi connectivity index (χ3n) is 4.37. The van der Waals surface area contributed by atoms with Crippen molar-refractivity contribution in [2.45, 2.75) is 24.6 Å². The van der Waals surface area contributed by atoms with E-state index in [-0.39, 0.29) is 5.75 Å². The highest BCUT2D eigenvalue weighted by atomic mass is 32.2. The molecule has 4 rings (SSSR count). The third kappa shape index (κ3) is 3.43. The van der Waals surface area contributed by atoms with Gasteiger partial charge < -0.3 is 9.87 Å². The summed E-state index contributed by atoms with van der Waals surface area (Å²) in [5.74, 6) is 0.0105. The van der Waals surface area contributed by atoms with E-state index in [2.05, 4.69) is 21.6 Å². The van der Waals surface area contributed by atoms with E-state index in [0.717, 1.165) is 46.1 Å². The monoisotopic (exact) mass is 363 g/mol. The van der Waals surface area contributed by atoms with Crippen LogP contribution >= 0.6 is 0 Å². The van der Waals surface area contributed by atoms with Gasteiger partial charge in [0.15, 0.2) is 5.69 Å². The maximum absolute atomic E-state index is 10.8. The molecule has 0 radical (unpaired) electrons. The summed E-state index contributed by atoms with van der Waals surface area (Å²) in [5.41, 5.74) is 4.46. The average Bonchev–Trinajstić information content (AvgIpc) is 3.46. The Labute approximate surface area is 153 Å². The van der Waals surface area contributed by atoms with Crippen LogP contribution in [0.3, 0.4) is 0 Å². The van der Waals surface area contributed by atoms with Crippen LogP contribution in [0.1, 0.15) is 24.1 Å². The molecule has 1 fully saturated rings. The Morgan fingerprint density at radius 2 is 1.88 bits per heavy atom. The molecular weight excluding hydrogens is 348 g/mol. The molecule has 1 atom stereocenters. The molecule has 1 N–H and O–H groups in total. The lowest BCUT2D eigenvalue weighted by Crippen LogP contribution is -2.06. The second-order valence-corrected chi connectivity index (χ2v) is 7.23. The number of nitriles is 1. The first-order valence-corrected chi connectivity index (χ1v) is 9.50. The normalized spacial score (nSPS) is 14.8. The van der Waals surface area contributed by atoms with Crippen LogP contribution < -0.4 is 5.32 Å². The van der Waals surface area contributed by atoms with E-state index in [1.54, 1.807) is 12.1 Å². The Kier molecular flexibility index (Phi) is 4.37. The molecule has 1 aromatic heterocycles.